The highest BCUT2D eigenvalue weighted by Crippen LogP contribution is 2.34. The van der Waals surface area contributed by atoms with Crippen LogP contribution in [0.1, 0.15) is 18.9 Å². The number of para-hydroxylation sites is 4. The summed E-state index contributed by atoms with van der Waals surface area (Å²) in [4.78, 5) is 26.6. The maximum Gasteiger partial charge on any atom is 0.418 e. The highest BCUT2D eigenvalue weighted by Gasteiger charge is 2.33. The van der Waals surface area contributed by atoms with Crippen LogP contribution in [0.3, 0.4) is 0 Å². The quantitative estimate of drug-likeness (QED) is 0.382. The summed E-state index contributed by atoms with van der Waals surface area (Å²) in [6, 6.07) is 21.0. The van der Waals surface area contributed by atoms with Gasteiger partial charge in [0, 0.05) is 13.0 Å². The van der Waals surface area contributed by atoms with Crippen LogP contribution in [0.15, 0.2) is 78.9 Å². The summed E-state index contributed by atoms with van der Waals surface area (Å²) in [6.45, 7) is 2.34. The fourth-order valence-electron chi connectivity index (χ4n) is 3.33. The summed E-state index contributed by atoms with van der Waals surface area (Å²) in [5.41, 5.74) is -0.702. The Kier molecular flexibility index (Phi) is 8.86. The van der Waals surface area contributed by atoms with E-state index in [-0.39, 0.29) is 31.1 Å². The first-order valence-corrected chi connectivity index (χ1v) is 11.1. The van der Waals surface area contributed by atoms with E-state index in [2.05, 4.69) is 10.6 Å². The van der Waals surface area contributed by atoms with Gasteiger partial charge in [-0.25, -0.2) is 0 Å². The predicted octanol–water partition coefficient (Wildman–Crippen LogP) is 5.79. The molecule has 3 rings (SSSR count). The number of amides is 2. The molecule has 35 heavy (non-hydrogen) atoms. The second-order valence-corrected chi connectivity index (χ2v) is 7.67. The molecule has 0 heterocycles. The van der Waals surface area contributed by atoms with Gasteiger partial charge in [-0.1, -0.05) is 49.4 Å². The van der Waals surface area contributed by atoms with Crippen LogP contribution in [0.25, 0.3) is 0 Å². The number of benzene rings is 3. The van der Waals surface area contributed by atoms with Crippen LogP contribution >= 0.6 is 0 Å². The lowest BCUT2D eigenvalue weighted by Gasteiger charge is -2.20. The van der Waals surface area contributed by atoms with E-state index in [4.69, 9.17) is 4.74 Å². The van der Waals surface area contributed by atoms with E-state index in [9.17, 15) is 22.8 Å². The fourth-order valence-corrected chi connectivity index (χ4v) is 3.33. The molecule has 0 radical (unpaired) electrons. The maximum atomic E-state index is 13.2. The minimum atomic E-state index is -4.58. The Morgan fingerprint density at radius 3 is 2.11 bits per heavy atom. The minimum absolute atomic E-state index is 0.0833. The van der Waals surface area contributed by atoms with Crippen molar-refractivity contribution in [3.8, 4) is 11.5 Å². The highest BCUT2D eigenvalue weighted by atomic mass is 19.4. The maximum absolute atomic E-state index is 13.2. The molecule has 3 aromatic rings. The molecule has 2 amide bonds. The predicted molar refractivity (Wildman–Crippen MR) is 128 cm³/mol. The molecule has 0 saturated carbocycles. The number of rotatable bonds is 10. The van der Waals surface area contributed by atoms with Gasteiger partial charge in [0.05, 0.1) is 23.5 Å². The molecule has 0 spiro atoms. The Bertz CT molecular complexity index is 1140. The van der Waals surface area contributed by atoms with Gasteiger partial charge in [0.15, 0.2) is 5.75 Å². The Morgan fingerprint density at radius 1 is 0.829 bits per heavy atom. The number of carbonyl (C=O) groups excluding carboxylic acids is 2. The van der Waals surface area contributed by atoms with Crippen molar-refractivity contribution in [2.45, 2.75) is 19.5 Å². The largest absolute Gasteiger partial charge is 0.455 e. The molecular weight excluding hydrogens is 459 g/mol. The normalized spacial score (nSPS) is 11.2. The lowest BCUT2D eigenvalue weighted by atomic mass is 10.1. The fraction of sp³-hybridized carbons (Fsp3) is 0.231. The van der Waals surface area contributed by atoms with E-state index in [1.165, 1.54) is 18.2 Å². The average Bonchev–Trinajstić information content (AvgIpc) is 2.83. The lowest BCUT2D eigenvalue weighted by Crippen LogP contribution is -2.35. The van der Waals surface area contributed by atoms with Crippen LogP contribution in [-0.4, -0.2) is 36.3 Å². The summed E-state index contributed by atoms with van der Waals surface area (Å²) >= 11 is 0. The van der Waals surface area contributed by atoms with Crippen molar-refractivity contribution in [3.63, 3.8) is 0 Å². The number of ether oxygens (including phenoxy) is 1. The number of alkyl halides is 3. The highest BCUT2D eigenvalue weighted by molar-refractivity contribution is 5.94. The van der Waals surface area contributed by atoms with Crippen LogP contribution in [0.4, 0.5) is 24.5 Å². The number of nitrogens with zero attached hydrogens (tertiary/aromatic N) is 1. The molecule has 9 heteroatoms. The number of likely N-dealkylation sites (N-methyl/N-ethyl adjacent to an activating group) is 1. The van der Waals surface area contributed by atoms with E-state index < -0.39 is 17.6 Å². The zero-order chi connectivity index (χ0) is 25.3. The second kappa shape index (κ2) is 12.0. The molecule has 2 N–H and O–H groups in total. The zero-order valence-electron chi connectivity index (χ0n) is 19.1. The van der Waals surface area contributed by atoms with Crippen molar-refractivity contribution in [2.24, 2.45) is 0 Å². The number of carbonyl (C=O) groups is 2. The van der Waals surface area contributed by atoms with Crippen LogP contribution in [0.5, 0.6) is 11.5 Å². The number of nitrogens with one attached hydrogen (secondary N) is 2. The molecule has 0 saturated heterocycles. The number of anilines is 2. The average molecular weight is 486 g/mol. The van der Waals surface area contributed by atoms with Crippen molar-refractivity contribution in [1.82, 2.24) is 4.90 Å². The molecule has 6 nitrogen and oxygen atoms in total. The van der Waals surface area contributed by atoms with E-state index in [0.717, 1.165) is 6.07 Å². The first-order chi connectivity index (χ1) is 16.8. The first-order valence-electron chi connectivity index (χ1n) is 11.1. The molecule has 0 bridgehead atoms. The Balaban J connectivity index is 1.54. The summed E-state index contributed by atoms with van der Waals surface area (Å²) in [5.74, 6) is 0.243. The molecule has 0 atom stereocenters. The smallest absolute Gasteiger partial charge is 0.418 e. The Labute approximate surface area is 201 Å². The second-order valence-electron chi connectivity index (χ2n) is 7.67. The molecule has 0 aliphatic heterocycles. The lowest BCUT2D eigenvalue weighted by molar-refractivity contribution is -0.137. The monoisotopic (exact) mass is 485 g/mol. The topological polar surface area (TPSA) is 70.7 Å². The van der Waals surface area contributed by atoms with E-state index >= 15 is 0 Å². The van der Waals surface area contributed by atoms with Crippen LogP contribution in [0.2, 0.25) is 0 Å². The molecule has 0 aromatic heterocycles. The van der Waals surface area contributed by atoms with Gasteiger partial charge in [0.25, 0.3) is 0 Å². The van der Waals surface area contributed by atoms with E-state index in [0.29, 0.717) is 23.7 Å². The summed E-state index contributed by atoms with van der Waals surface area (Å²) < 4.78 is 45.3. The molecule has 0 aliphatic carbocycles. The molecule has 3 aromatic carbocycles. The first kappa shape index (κ1) is 25.8. The summed E-state index contributed by atoms with van der Waals surface area (Å²) in [6.07, 6.45) is -4.49. The third kappa shape index (κ3) is 7.86. The Morgan fingerprint density at radius 2 is 1.43 bits per heavy atom. The van der Waals surface area contributed by atoms with Crippen LogP contribution < -0.4 is 15.4 Å². The molecule has 0 fully saturated rings. The minimum Gasteiger partial charge on any atom is -0.455 e. The number of hydrogen-bond donors (Lipinski definition) is 2. The molecule has 0 aliphatic rings. The van der Waals surface area contributed by atoms with Crippen LogP contribution in [-0.2, 0) is 15.8 Å². The SMILES string of the molecule is CCN(CCC(=O)Nc1ccccc1Oc1ccccc1)CC(=O)Nc1ccccc1C(F)(F)F. The standard InChI is InChI=1S/C26H26F3N3O3/c1-2-32(18-25(34)30-21-13-7-6-12-20(21)26(27,28)29)17-16-24(33)31-22-14-8-9-15-23(22)35-19-10-4-3-5-11-19/h3-15H,2,16-18H2,1H3,(H,30,34)(H,31,33). The number of halogens is 3. The van der Waals surface area contributed by atoms with Crippen molar-refractivity contribution < 1.29 is 27.5 Å². The molecule has 184 valence electrons. The molecule has 0 unspecified atom stereocenters. The van der Waals surface area contributed by atoms with Crippen LogP contribution in [0, 0.1) is 0 Å². The van der Waals surface area contributed by atoms with Gasteiger partial charge in [-0.3, -0.25) is 14.5 Å². The van der Waals surface area contributed by atoms with Crippen molar-refractivity contribution >= 4 is 23.2 Å². The van der Waals surface area contributed by atoms with Gasteiger partial charge in [-0.2, -0.15) is 13.2 Å². The van der Waals surface area contributed by atoms with Gasteiger partial charge in [-0.05, 0) is 42.9 Å². The van der Waals surface area contributed by atoms with Crippen molar-refractivity contribution in [3.05, 3.63) is 84.4 Å². The van der Waals surface area contributed by atoms with E-state index in [1.807, 2.05) is 18.2 Å². The third-order valence-electron chi connectivity index (χ3n) is 5.11. The summed E-state index contributed by atoms with van der Waals surface area (Å²) in [7, 11) is 0. The summed E-state index contributed by atoms with van der Waals surface area (Å²) in [5, 5.41) is 5.13. The zero-order valence-corrected chi connectivity index (χ0v) is 19.1. The van der Waals surface area contributed by atoms with E-state index in [1.54, 1.807) is 48.2 Å². The number of hydrogen-bond acceptors (Lipinski definition) is 4. The van der Waals surface area contributed by atoms with Crippen molar-refractivity contribution in [2.75, 3.05) is 30.3 Å². The van der Waals surface area contributed by atoms with Gasteiger partial charge in [-0.15, -0.1) is 0 Å². The van der Waals surface area contributed by atoms with Crippen molar-refractivity contribution in [1.29, 1.82) is 0 Å². The third-order valence-corrected chi connectivity index (χ3v) is 5.11. The van der Waals surface area contributed by atoms with Gasteiger partial charge >= 0.3 is 6.18 Å². The van der Waals surface area contributed by atoms with Gasteiger partial charge in [0.2, 0.25) is 11.8 Å². The molecular formula is C26H26F3N3O3. The van der Waals surface area contributed by atoms with Gasteiger partial charge < -0.3 is 15.4 Å². The van der Waals surface area contributed by atoms with Gasteiger partial charge in [0.1, 0.15) is 5.75 Å². The Hall–Kier alpha value is -3.85.